The van der Waals surface area contributed by atoms with Crippen LogP contribution in [0.4, 0.5) is 11.4 Å². The van der Waals surface area contributed by atoms with Crippen molar-refractivity contribution in [2.24, 2.45) is 5.73 Å². The number of hydrogen-bond acceptors (Lipinski definition) is 8. The number of aromatic nitrogens is 1. The summed E-state index contributed by atoms with van der Waals surface area (Å²) in [4.78, 5) is 39.7. The number of nitrogens with zero attached hydrogens (tertiary/aromatic N) is 2. The SMILES string of the molecule is CCC(C(=O)NC(C)(C)C)N(C(=O)c1snc(C(N)=O)c1N)c1ccc(OC)c(OC)c1. The Morgan fingerprint density at radius 1 is 1.19 bits per heavy atom. The van der Waals surface area contributed by atoms with E-state index in [1.54, 1.807) is 25.1 Å². The number of nitrogen functional groups attached to an aromatic ring is 1. The van der Waals surface area contributed by atoms with E-state index in [-0.39, 0.29) is 22.2 Å². The van der Waals surface area contributed by atoms with Crippen molar-refractivity contribution in [1.82, 2.24) is 9.69 Å². The average molecular weight is 464 g/mol. The monoisotopic (exact) mass is 463 g/mol. The van der Waals surface area contributed by atoms with Crippen LogP contribution < -0.4 is 31.2 Å². The second kappa shape index (κ2) is 9.86. The zero-order chi connectivity index (χ0) is 24.2. The lowest BCUT2D eigenvalue weighted by Crippen LogP contribution is -2.54. The second-order valence-corrected chi connectivity index (χ2v) is 8.79. The van der Waals surface area contributed by atoms with Crippen molar-refractivity contribution in [1.29, 1.82) is 0 Å². The summed E-state index contributed by atoms with van der Waals surface area (Å²) in [6.45, 7) is 7.33. The van der Waals surface area contributed by atoms with Crippen molar-refractivity contribution >= 4 is 40.6 Å². The molecule has 0 fully saturated rings. The molecule has 0 radical (unpaired) electrons. The predicted octanol–water partition coefficient (Wildman–Crippen LogP) is 2.18. The van der Waals surface area contributed by atoms with Crippen LogP contribution in [0.2, 0.25) is 0 Å². The number of nitrogens with two attached hydrogens (primary N) is 2. The minimum atomic E-state index is -0.877. The van der Waals surface area contributed by atoms with E-state index in [2.05, 4.69) is 9.69 Å². The molecular formula is C21H29N5O5S. The predicted molar refractivity (Wildman–Crippen MR) is 123 cm³/mol. The maximum absolute atomic E-state index is 13.6. The molecule has 11 heteroatoms. The number of methoxy groups -OCH3 is 2. The highest BCUT2D eigenvalue weighted by molar-refractivity contribution is 7.09. The largest absolute Gasteiger partial charge is 0.493 e. The molecule has 1 unspecified atom stereocenters. The maximum atomic E-state index is 13.6. The number of rotatable bonds is 8. The molecule has 1 atom stereocenters. The molecule has 2 rings (SSSR count). The number of carbonyl (C=O) groups excluding carboxylic acids is 3. The van der Waals surface area contributed by atoms with E-state index >= 15 is 0 Å². The van der Waals surface area contributed by atoms with E-state index in [1.807, 2.05) is 20.8 Å². The molecule has 1 heterocycles. The number of anilines is 2. The van der Waals surface area contributed by atoms with Crippen LogP contribution in [0.25, 0.3) is 0 Å². The first-order chi connectivity index (χ1) is 14.9. The van der Waals surface area contributed by atoms with Crippen molar-refractivity contribution in [3.05, 3.63) is 28.8 Å². The van der Waals surface area contributed by atoms with E-state index < -0.39 is 23.4 Å². The Labute approximate surface area is 191 Å². The second-order valence-electron chi connectivity index (χ2n) is 8.02. The quantitative estimate of drug-likeness (QED) is 0.543. The van der Waals surface area contributed by atoms with Crippen LogP contribution >= 0.6 is 11.5 Å². The van der Waals surface area contributed by atoms with Gasteiger partial charge in [-0.3, -0.25) is 19.3 Å². The number of amides is 3. The van der Waals surface area contributed by atoms with Gasteiger partial charge in [-0.2, -0.15) is 4.37 Å². The van der Waals surface area contributed by atoms with Gasteiger partial charge in [0.15, 0.2) is 17.2 Å². The van der Waals surface area contributed by atoms with Gasteiger partial charge in [-0.15, -0.1) is 0 Å². The molecule has 2 aromatic rings. The Hall–Kier alpha value is -3.34. The fourth-order valence-electron chi connectivity index (χ4n) is 3.09. The highest BCUT2D eigenvalue weighted by atomic mass is 32.1. The highest BCUT2D eigenvalue weighted by Crippen LogP contribution is 2.35. The fourth-order valence-corrected chi connectivity index (χ4v) is 3.83. The van der Waals surface area contributed by atoms with Gasteiger partial charge in [0, 0.05) is 17.3 Å². The van der Waals surface area contributed by atoms with Gasteiger partial charge in [-0.05, 0) is 50.9 Å². The number of benzene rings is 1. The Bertz CT molecular complexity index is 1010. The van der Waals surface area contributed by atoms with Crippen LogP contribution in [-0.2, 0) is 4.79 Å². The molecule has 32 heavy (non-hydrogen) atoms. The first-order valence-electron chi connectivity index (χ1n) is 9.87. The molecule has 0 aliphatic rings. The summed E-state index contributed by atoms with van der Waals surface area (Å²) < 4.78 is 14.6. The molecule has 0 bridgehead atoms. The van der Waals surface area contributed by atoms with E-state index in [0.29, 0.717) is 23.6 Å². The van der Waals surface area contributed by atoms with E-state index in [1.165, 1.54) is 19.1 Å². The summed E-state index contributed by atoms with van der Waals surface area (Å²) >= 11 is 0.751. The van der Waals surface area contributed by atoms with Crippen molar-refractivity contribution in [3.8, 4) is 11.5 Å². The van der Waals surface area contributed by atoms with Gasteiger partial charge in [0.1, 0.15) is 10.9 Å². The van der Waals surface area contributed by atoms with Crippen molar-refractivity contribution < 1.29 is 23.9 Å². The van der Waals surface area contributed by atoms with Crippen molar-refractivity contribution in [2.75, 3.05) is 24.9 Å². The van der Waals surface area contributed by atoms with E-state index in [9.17, 15) is 14.4 Å². The fraction of sp³-hybridized carbons (Fsp3) is 0.429. The van der Waals surface area contributed by atoms with Crippen LogP contribution in [0.15, 0.2) is 18.2 Å². The first kappa shape index (κ1) is 24.9. The normalized spacial score (nSPS) is 12.1. The lowest BCUT2D eigenvalue weighted by molar-refractivity contribution is -0.123. The molecule has 0 aliphatic carbocycles. The van der Waals surface area contributed by atoms with Gasteiger partial charge in [0.05, 0.1) is 19.9 Å². The van der Waals surface area contributed by atoms with Crippen LogP contribution in [0.3, 0.4) is 0 Å². The summed E-state index contributed by atoms with van der Waals surface area (Å²) in [7, 11) is 2.97. The maximum Gasteiger partial charge on any atom is 0.272 e. The van der Waals surface area contributed by atoms with Gasteiger partial charge < -0.3 is 26.3 Å². The van der Waals surface area contributed by atoms with E-state index in [4.69, 9.17) is 20.9 Å². The molecule has 0 saturated carbocycles. The minimum absolute atomic E-state index is 0.00981. The molecule has 10 nitrogen and oxygen atoms in total. The third-order valence-corrected chi connectivity index (χ3v) is 5.37. The van der Waals surface area contributed by atoms with Crippen LogP contribution in [0.5, 0.6) is 11.5 Å². The number of carbonyl (C=O) groups is 3. The standard InChI is InChI=1S/C21H29N5O5S/c1-7-12(19(28)24-21(2,3)4)26(11-8-9-13(30-5)14(10-11)31-6)20(29)17-15(22)16(18(23)27)25-32-17/h8-10,12H,7,22H2,1-6H3,(H2,23,27)(H,24,28). The summed E-state index contributed by atoms with van der Waals surface area (Å²) in [5.74, 6) is -0.932. The Morgan fingerprint density at radius 3 is 2.28 bits per heavy atom. The van der Waals surface area contributed by atoms with Gasteiger partial charge in [0.25, 0.3) is 11.8 Å². The summed E-state index contributed by atoms with van der Waals surface area (Å²) in [5.41, 5.74) is 10.9. The summed E-state index contributed by atoms with van der Waals surface area (Å²) in [6, 6.07) is 3.99. The molecule has 0 spiro atoms. The molecule has 3 amide bonds. The molecule has 174 valence electrons. The summed E-state index contributed by atoms with van der Waals surface area (Å²) in [6.07, 6.45) is 0.309. The van der Waals surface area contributed by atoms with Crippen LogP contribution in [0.1, 0.15) is 54.3 Å². The minimum Gasteiger partial charge on any atom is -0.493 e. The lowest BCUT2D eigenvalue weighted by Gasteiger charge is -2.33. The van der Waals surface area contributed by atoms with Crippen molar-refractivity contribution in [3.63, 3.8) is 0 Å². The van der Waals surface area contributed by atoms with Gasteiger partial charge in [-0.25, -0.2) is 0 Å². The molecule has 1 aromatic carbocycles. The number of nitrogens with one attached hydrogen (secondary N) is 1. The first-order valence-corrected chi connectivity index (χ1v) is 10.6. The number of ether oxygens (including phenoxy) is 2. The highest BCUT2D eigenvalue weighted by Gasteiger charge is 2.35. The smallest absolute Gasteiger partial charge is 0.272 e. The average Bonchev–Trinajstić information content (AvgIpc) is 3.11. The van der Waals surface area contributed by atoms with Gasteiger partial charge in [-0.1, -0.05) is 6.92 Å². The number of hydrogen-bond donors (Lipinski definition) is 3. The zero-order valence-corrected chi connectivity index (χ0v) is 19.8. The van der Waals surface area contributed by atoms with E-state index in [0.717, 1.165) is 11.5 Å². The Morgan fingerprint density at radius 2 is 1.81 bits per heavy atom. The molecule has 0 aliphatic heterocycles. The molecule has 0 saturated heterocycles. The van der Waals surface area contributed by atoms with Crippen LogP contribution in [0, 0.1) is 0 Å². The van der Waals surface area contributed by atoms with Crippen molar-refractivity contribution in [2.45, 2.75) is 45.7 Å². The van der Waals surface area contributed by atoms with Gasteiger partial charge >= 0.3 is 0 Å². The summed E-state index contributed by atoms with van der Waals surface area (Å²) in [5, 5.41) is 2.91. The zero-order valence-electron chi connectivity index (χ0n) is 19.0. The molecular weight excluding hydrogens is 434 g/mol. The van der Waals surface area contributed by atoms with Crippen LogP contribution in [-0.4, -0.2) is 47.9 Å². The lowest BCUT2D eigenvalue weighted by atomic mass is 10.1. The third kappa shape index (κ3) is 5.28. The van der Waals surface area contributed by atoms with Gasteiger partial charge in [0.2, 0.25) is 5.91 Å². The molecule has 1 aromatic heterocycles. The molecule has 5 N–H and O–H groups in total. The topological polar surface area (TPSA) is 150 Å². The third-order valence-electron chi connectivity index (χ3n) is 4.52. The number of primary amides is 1. The Kier molecular flexibility index (Phi) is 7.68. The Balaban J connectivity index is 2.65.